The Hall–Kier alpha value is -4.33. The van der Waals surface area contributed by atoms with Crippen LogP contribution in [0.3, 0.4) is 0 Å². The summed E-state index contributed by atoms with van der Waals surface area (Å²) in [5.41, 5.74) is 0.272. The van der Waals surface area contributed by atoms with Crippen molar-refractivity contribution in [3.8, 4) is 28.7 Å². The number of pyridine rings is 1. The fourth-order valence-corrected chi connectivity index (χ4v) is 3.43. The van der Waals surface area contributed by atoms with Gasteiger partial charge in [-0.05, 0) is 60.7 Å². The Morgan fingerprint density at radius 1 is 0.788 bits per heavy atom. The minimum Gasteiger partial charge on any atom is -0.497 e. The smallest absolute Gasteiger partial charge is 0.345 e. The van der Waals surface area contributed by atoms with E-state index in [1.54, 1.807) is 37.4 Å². The maximum atomic E-state index is 13.4. The zero-order valence-corrected chi connectivity index (χ0v) is 18.1. The quantitative estimate of drug-likeness (QED) is 0.321. The molecule has 33 heavy (non-hydrogen) atoms. The lowest BCUT2D eigenvalue weighted by Gasteiger charge is -2.15. The molecule has 3 aromatic carbocycles. The molecule has 0 unspecified atom stereocenters. The van der Waals surface area contributed by atoms with E-state index >= 15 is 0 Å². The number of hydrogen-bond acceptors (Lipinski definition) is 6. The Balaban J connectivity index is 1.93. The van der Waals surface area contributed by atoms with Crippen molar-refractivity contribution in [1.82, 2.24) is 4.57 Å². The molecule has 1 heterocycles. The summed E-state index contributed by atoms with van der Waals surface area (Å²) in [5, 5.41) is 0.562. The maximum absolute atomic E-state index is 13.4. The molecule has 0 N–H and O–H groups in total. The highest BCUT2D eigenvalue weighted by Crippen LogP contribution is 2.33. The molecule has 4 rings (SSSR count). The summed E-state index contributed by atoms with van der Waals surface area (Å²) in [4.78, 5) is 26.5. The van der Waals surface area contributed by atoms with Gasteiger partial charge in [0.05, 0.1) is 32.3 Å². The molecule has 8 heteroatoms. The van der Waals surface area contributed by atoms with Crippen LogP contribution in [0.1, 0.15) is 10.4 Å². The van der Waals surface area contributed by atoms with Gasteiger partial charge in [0.1, 0.15) is 17.3 Å². The second-order valence-corrected chi connectivity index (χ2v) is 7.01. The summed E-state index contributed by atoms with van der Waals surface area (Å²) in [6.45, 7) is 0. The van der Waals surface area contributed by atoms with Crippen molar-refractivity contribution >= 4 is 16.7 Å². The van der Waals surface area contributed by atoms with E-state index in [1.165, 1.54) is 55.3 Å². The van der Waals surface area contributed by atoms with Crippen molar-refractivity contribution in [3.63, 3.8) is 0 Å². The van der Waals surface area contributed by atoms with Gasteiger partial charge in [-0.1, -0.05) is 0 Å². The average molecular weight is 449 g/mol. The lowest BCUT2D eigenvalue weighted by molar-refractivity contribution is 0.0736. The van der Waals surface area contributed by atoms with E-state index in [-0.39, 0.29) is 22.3 Å². The van der Waals surface area contributed by atoms with Gasteiger partial charge in [0.15, 0.2) is 11.5 Å². The van der Waals surface area contributed by atoms with E-state index in [9.17, 15) is 14.0 Å². The molecule has 7 nitrogen and oxygen atoms in total. The van der Waals surface area contributed by atoms with E-state index in [0.717, 1.165) is 0 Å². The van der Waals surface area contributed by atoms with Gasteiger partial charge in [-0.3, -0.25) is 9.36 Å². The van der Waals surface area contributed by atoms with Gasteiger partial charge in [0.25, 0.3) is 5.56 Å². The molecule has 0 aliphatic carbocycles. The number of aromatic nitrogens is 1. The second-order valence-electron chi connectivity index (χ2n) is 7.01. The Morgan fingerprint density at radius 3 is 1.94 bits per heavy atom. The SMILES string of the molecule is COc1ccc(-n2cc(C(=O)Oc3ccc(F)cc3)c3cc(OC)c(OC)cc3c2=O)cc1. The zero-order valence-electron chi connectivity index (χ0n) is 18.1. The van der Waals surface area contributed by atoms with Gasteiger partial charge in [0.2, 0.25) is 0 Å². The van der Waals surface area contributed by atoms with Gasteiger partial charge in [-0.2, -0.15) is 0 Å². The van der Waals surface area contributed by atoms with E-state index in [1.807, 2.05) is 0 Å². The molecule has 0 aliphatic heterocycles. The van der Waals surface area contributed by atoms with E-state index in [2.05, 4.69) is 0 Å². The van der Waals surface area contributed by atoms with Crippen molar-refractivity contribution < 1.29 is 28.1 Å². The molecular formula is C25H20FNO6. The van der Waals surface area contributed by atoms with Crippen LogP contribution in [0.15, 0.2) is 71.7 Å². The number of benzene rings is 3. The number of carbonyl (C=O) groups excluding carboxylic acids is 1. The molecule has 0 spiro atoms. The molecule has 0 atom stereocenters. The maximum Gasteiger partial charge on any atom is 0.345 e. The number of fused-ring (bicyclic) bond motifs is 1. The summed E-state index contributed by atoms with van der Waals surface area (Å²) < 4.78 is 35.9. The molecule has 0 fully saturated rings. The second kappa shape index (κ2) is 9.04. The van der Waals surface area contributed by atoms with Crippen molar-refractivity contribution in [3.05, 3.63) is 88.6 Å². The highest BCUT2D eigenvalue weighted by molar-refractivity contribution is 6.05. The predicted octanol–water partition coefficient (Wildman–Crippen LogP) is 4.37. The molecule has 4 aromatic rings. The van der Waals surface area contributed by atoms with Gasteiger partial charge >= 0.3 is 5.97 Å². The fourth-order valence-electron chi connectivity index (χ4n) is 3.43. The first kappa shape index (κ1) is 21.9. The van der Waals surface area contributed by atoms with Crippen molar-refractivity contribution in [2.24, 2.45) is 0 Å². The number of rotatable bonds is 6. The van der Waals surface area contributed by atoms with Crippen molar-refractivity contribution in [2.45, 2.75) is 0 Å². The average Bonchev–Trinajstić information content (AvgIpc) is 2.85. The molecule has 0 saturated carbocycles. The number of ether oxygens (including phenoxy) is 4. The van der Waals surface area contributed by atoms with Crippen LogP contribution in [0.4, 0.5) is 4.39 Å². The van der Waals surface area contributed by atoms with Crippen LogP contribution >= 0.6 is 0 Å². The van der Waals surface area contributed by atoms with Crippen molar-refractivity contribution in [2.75, 3.05) is 21.3 Å². The first-order chi connectivity index (χ1) is 15.9. The molecule has 0 saturated heterocycles. The minimum atomic E-state index is -0.721. The van der Waals surface area contributed by atoms with Gasteiger partial charge < -0.3 is 18.9 Å². The third-order valence-corrected chi connectivity index (χ3v) is 5.12. The summed E-state index contributed by atoms with van der Waals surface area (Å²) in [5.74, 6) is 0.299. The lowest BCUT2D eigenvalue weighted by atomic mass is 10.1. The summed E-state index contributed by atoms with van der Waals surface area (Å²) in [7, 11) is 4.46. The predicted molar refractivity (Wildman–Crippen MR) is 121 cm³/mol. The Morgan fingerprint density at radius 2 is 1.36 bits per heavy atom. The monoisotopic (exact) mass is 449 g/mol. The molecule has 0 amide bonds. The molecular weight excluding hydrogens is 429 g/mol. The topological polar surface area (TPSA) is 76.0 Å². The van der Waals surface area contributed by atoms with Gasteiger partial charge in [-0.25, -0.2) is 9.18 Å². The number of esters is 1. The summed E-state index contributed by atoms with van der Waals surface area (Å²) in [6.07, 6.45) is 1.41. The highest BCUT2D eigenvalue weighted by Gasteiger charge is 2.20. The Labute approximate surface area is 188 Å². The standard InChI is InChI=1S/C25H20FNO6/c1-30-17-10-6-16(7-11-17)27-14-21(25(29)33-18-8-4-15(26)5-9-18)19-12-22(31-2)23(32-3)13-20(19)24(27)28/h4-14H,1-3H3. The van der Waals surface area contributed by atoms with Crippen LogP contribution in [0.2, 0.25) is 0 Å². The fraction of sp³-hybridized carbons (Fsp3) is 0.120. The summed E-state index contributed by atoms with van der Waals surface area (Å²) >= 11 is 0. The van der Waals surface area contributed by atoms with Gasteiger partial charge in [-0.15, -0.1) is 0 Å². The van der Waals surface area contributed by atoms with Crippen LogP contribution in [-0.2, 0) is 0 Å². The van der Waals surface area contributed by atoms with Crippen LogP contribution in [0, 0.1) is 5.82 Å². The van der Waals surface area contributed by atoms with Crippen LogP contribution in [-0.4, -0.2) is 31.9 Å². The van der Waals surface area contributed by atoms with Crippen LogP contribution in [0.5, 0.6) is 23.0 Å². The third kappa shape index (κ3) is 4.23. The normalized spacial score (nSPS) is 10.7. The first-order valence-electron chi connectivity index (χ1n) is 9.88. The summed E-state index contributed by atoms with van der Waals surface area (Å²) in [6, 6.07) is 14.9. The largest absolute Gasteiger partial charge is 0.497 e. The van der Waals surface area contributed by atoms with E-state index < -0.39 is 11.8 Å². The lowest BCUT2D eigenvalue weighted by Crippen LogP contribution is -2.22. The Bertz CT molecular complexity index is 1380. The van der Waals surface area contributed by atoms with Crippen LogP contribution in [0.25, 0.3) is 16.5 Å². The van der Waals surface area contributed by atoms with Crippen molar-refractivity contribution in [1.29, 1.82) is 0 Å². The third-order valence-electron chi connectivity index (χ3n) is 5.12. The number of carbonyl (C=O) groups is 1. The highest BCUT2D eigenvalue weighted by atomic mass is 19.1. The van der Waals surface area contributed by atoms with Crippen LogP contribution < -0.4 is 24.5 Å². The number of nitrogens with zero attached hydrogens (tertiary/aromatic N) is 1. The first-order valence-corrected chi connectivity index (χ1v) is 9.88. The molecule has 0 aliphatic rings. The molecule has 0 radical (unpaired) electrons. The minimum absolute atomic E-state index is 0.116. The Kier molecular flexibility index (Phi) is 5.99. The van der Waals surface area contributed by atoms with E-state index in [4.69, 9.17) is 18.9 Å². The molecule has 1 aromatic heterocycles. The van der Waals surface area contributed by atoms with Gasteiger partial charge in [0, 0.05) is 17.3 Å². The number of methoxy groups -OCH3 is 3. The van der Waals surface area contributed by atoms with E-state index in [0.29, 0.717) is 28.3 Å². The number of halogens is 1. The zero-order chi connectivity index (χ0) is 23.5. The number of hydrogen-bond donors (Lipinski definition) is 0. The molecule has 0 bridgehead atoms. The molecule has 168 valence electrons.